The molecule has 0 aliphatic carbocycles. The largest absolute Gasteiger partial charge is 0.370 e. The summed E-state index contributed by atoms with van der Waals surface area (Å²) in [6.45, 7) is 4.13. The van der Waals surface area contributed by atoms with Gasteiger partial charge in [-0.25, -0.2) is 0 Å². The van der Waals surface area contributed by atoms with Crippen LogP contribution < -0.4 is 0 Å². The molecule has 2 heteroatoms. The van der Waals surface area contributed by atoms with Gasteiger partial charge in [0.15, 0.2) is 0 Å². The SMILES string of the molecule is CCCCCCC1(C2CO2)CO1. The van der Waals surface area contributed by atoms with Crippen molar-refractivity contribution in [1.82, 2.24) is 0 Å². The fourth-order valence-electron chi connectivity index (χ4n) is 1.79. The number of epoxide rings is 2. The second-order valence-electron chi connectivity index (χ2n) is 3.99. The molecule has 2 aliphatic heterocycles. The van der Waals surface area contributed by atoms with Gasteiger partial charge in [-0.3, -0.25) is 0 Å². The summed E-state index contributed by atoms with van der Waals surface area (Å²) in [7, 11) is 0. The maximum Gasteiger partial charge on any atom is 0.120 e. The normalized spacial score (nSPS) is 38.2. The molecule has 2 nitrogen and oxygen atoms in total. The fraction of sp³-hybridized carbons (Fsp3) is 1.00. The zero-order valence-electron chi connectivity index (χ0n) is 7.84. The minimum atomic E-state index is 0.188. The molecule has 2 heterocycles. The van der Waals surface area contributed by atoms with E-state index in [9.17, 15) is 0 Å². The molecule has 0 N–H and O–H groups in total. The summed E-state index contributed by atoms with van der Waals surface area (Å²) in [5, 5.41) is 0. The van der Waals surface area contributed by atoms with Gasteiger partial charge < -0.3 is 9.47 Å². The smallest absolute Gasteiger partial charge is 0.120 e. The zero-order valence-corrected chi connectivity index (χ0v) is 7.84. The van der Waals surface area contributed by atoms with Gasteiger partial charge in [0.2, 0.25) is 0 Å². The van der Waals surface area contributed by atoms with E-state index in [0.29, 0.717) is 6.10 Å². The van der Waals surface area contributed by atoms with Crippen molar-refractivity contribution in [3.63, 3.8) is 0 Å². The van der Waals surface area contributed by atoms with E-state index in [0.717, 1.165) is 13.2 Å². The van der Waals surface area contributed by atoms with Gasteiger partial charge in [0.1, 0.15) is 11.7 Å². The van der Waals surface area contributed by atoms with Gasteiger partial charge in [-0.05, 0) is 6.42 Å². The quantitative estimate of drug-likeness (QED) is 0.450. The molecule has 0 aromatic heterocycles. The Morgan fingerprint density at radius 3 is 2.58 bits per heavy atom. The van der Waals surface area contributed by atoms with E-state index in [1.807, 2.05) is 0 Å². The Morgan fingerprint density at radius 1 is 1.33 bits per heavy atom. The Kier molecular flexibility index (Phi) is 2.37. The van der Waals surface area contributed by atoms with E-state index in [2.05, 4.69) is 6.92 Å². The molecule has 2 unspecified atom stereocenters. The van der Waals surface area contributed by atoms with Gasteiger partial charge in [-0.1, -0.05) is 32.6 Å². The Labute approximate surface area is 74.2 Å². The number of hydrogen-bond donors (Lipinski definition) is 0. The number of ether oxygens (including phenoxy) is 2. The lowest BCUT2D eigenvalue weighted by atomic mass is 9.99. The third-order valence-corrected chi connectivity index (χ3v) is 2.89. The van der Waals surface area contributed by atoms with Gasteiger partial charge in [-0.15, -0.1) is 0 Å². The maximum absolute atomic E-state index is 5.48. The molecule has 0 saturated carbocycles. The summed E-state index contributed by atoms with van der Waals surface area (Å²) in [5.74, 6) is 0. The number of hydrogen-bond acceptors (Lipinski definition) is 2. The van der Waals surface area contributed by atoms with Crippen LogP contribution in [0.4, 0.5) is 0 Å². The summed E-state index contributed by atoms with van der Waals surface area (Å²) < 4.78 is 10.7. The molecule has 2 saturated heterocycles. The van der Waals surface area contributed by atoms with Gasteiger partial charge in [0, 0.05) is 0 Å². The molecule has 0 bridgehead atoms. The third-order valence-electron chi connectivity index (χ3n) is 2.89. The molecular formula is C10H18O2. The standard InChI is InChI=1S/C10H18O2/c1-2-3-4-5-6-10(8-12-10)9-7-11-9/h9H,2-8H2,1H3. The minimum Gasteiger partial charge on any atom is -0.370 e. The van der Waals surface area contributed by atoms with E-state index >= 15 is 0 Å². The van der Waals surface area contributed by atoms with Gasteiger partial charge in [0.05, 0.1) is 13.2 Å². The van der Waals surface area contributed by atoms with E-state index in [1.54, 1.807) is 0 Å². The van der Waals surface area contributed by atoms with Crippen molar-refractivity contribution in [2.24, 2.45) is 0 Å². The number of unbranched alkanes of at least 4 members (excludes halogenated alkanes) is 3. The second-order valence-corrected chi connectivity index (χ2v) is 3.99. The summed E-state index contributed by atoms with van der Waals surface area (Å²) in [6, 6.07) is 0. The lowest BCUT2D eigenvalue weighted by Gasteiger charge is -2.06. The van der Waals surface area contributed by atoms with Gasteiger partial charge in [0.25, 0.3) is 0 Å². The summed E-state index contributed by atoms with van der Waals surface area (Å²) in [4.78, 5) is 0. The topological polar surface area (TPSA) is 25.1 Å². The third kappa shape index (κ3) is 1.80. The van der Waals surface area contributed by atoms with Gasteiger partial charge >= 0.3 is 0 Å². The molecule has 2 aliphatic rings. The van der Waals surface area contributed by atoms with Crippen LogP contribution in [0.25, 0.3) is 0 Å². The number of rotatable bonds is 6. The average molecular weight is 170 g/mol. The zero-order chi connectivity index (χ0) is 8.44. The average Bonchev–Trinajstić information content (AvgIpc) is 2.86. The molecule has 0 aromatic carbocycles. The van der Waals surface area contributed by atoms with Crippen LogP contribution in [0.2, 0.25) is 0 Å². The molecule has 0 spiro atoms. The van der Waals surface area contributed by atoms with Crippen LogP contribution in [-0.2, 0) is 9.47 Å². The van der Waals surface area contributed by atoms with Crippen LogP contribution in [0.3, 0.4) is 0 Å². The lowest BCUT2D eigenvalue weighted by Crippen LogP contribution is -2.18. The molecule has 0 radical (unpaired) electrons. The Morgan fingerprint density at radius 2 is 2.08 bits per heavy atom. The first-order chi connectivity index (χ1) is 5.87. The highest BCUT2D eigenvalue weighted by molar-refractivity contribution is 5.04. The Balaban J connectivity index is 1.59. The molecule has 2 rings (SSSR count). The summed E-state index contributed by atoms with van der Waals surface area (Å²) >= 11 is 0. The molecule has 2 atom stereocenters. The van der Waals surface area contributed by atoms with Gasteiger partial charge in [-0.2, -0.15) is 0 Å². The van der Waals surface area contributed by atoms with Crippen LogP contribution >= 0.6 is 0 Å². The molecule has 0 aromatic rings. The van der Waals surface area contributed by atoms with Crippen LogP contribution in [0.15, 0.2) is 0 Å². The highest BCUT2D eigenvalue weighted by Gasteiger charge is 2.57. The van der Waals surface area contributed by atoms with Crippen LogP contribution in [0.5, 0.6) is 0 Å². The van der Waals surface area contributed by atoms with E-state index in [-0.39, 0.29) is 5.60 Å². The predicted octanol–water partition coefficient (Wildman–Crippen LogP) is 2.12. The van der Waals surface area contributed by atoms with Crippen molar-refractivity contribution >= 4 is 0 Å². The highest BCUT2D eigenvalue weighted by Crippen LogP contribution is 2.43. The van der Waals surface area contributed by atoms with Crippen molar-refractivity contribution in [3.8, 4) is 0 Å². The highest BCUT2D eigenvalue weighted by atomic mass is 16.7. The predicted molar refractivity (Wildman–Crippen MR) is 47.2 cm³/mol. The fourth-order valence-corrected chi connectivity index (χ4v) is 1.79. The Bertz CT molecular complexity index is 148. The maximum atomic E-state index is 5.48. The molecule has 2 fully saturated rings. The van der Waals surface area contributed by atoms with Crippen molar-refractivity contribution in [1.29, 1.82) is 0 Å². The van der Waals surface area contributed by atoms with Crippen molar-refractivity contribution in [3.05, 3.63) is 0 Å². The van der Waals surface area contributed by atoms with E-state index in [4.69, 9.17) is 9.47 Å². The van der Waals surface area contributed by atoms with Crippen molar-refractivity contribution in [2.45, 2.75) is 50.7 Å². The Hall–Kier alpha value is -0.0800. The van der Waals surface area contributed by atoms with Crippen LogP contribution in [0, 0.1) is 0 Å². The molecular weight excluding hydrogens is 152 g/mol. The summed E-state index contributed by atoms with van der Waals surface area (Å²) in [5.41, 5.74) is 0.188. The molecule has 70 valence electrons. The first-order valence-electron chi connectivity index (χ1n) is 5.13. The van der Waals surface area contributed by atoms with E-state index < -0.39 is 0 Å². The minimum absolute atomic E-state index is 0.188. The monoisotopic (exact) mass is 170 g/mol. The first-order valence-corrected chi connectivity index (χ1v) is 5.13. The lowest BCUT2D eigenvalue weighted by molar-refractivity contribution is 0.220. The van der Waals surface area contributed by atoms with Crippen LogP contribution in [0.1, 0.15) is 39.0 Å². The van der Waals surface area contributed by atoms with Crippen molar-refractivity contribution in [2.75, 3.05) is 13.2 Å². The first kappa shape index (κ1) is 8.52. The molecule has 12 heavy (non-hydrogen) atoms. The molecule has 0 amide bonds. The van der Waals surface area contributed by atoms with Crippen LogP contribution in [-0.4, -0.2) is 24.9 Å². The second kappa shape index (κ2) is 3.35. The van der Waals surface area contributed by atoms with Crippen molar-refractivity contribution < 1.29 is 9.47 Å². The summed E-state index contributed by atoms with van der Waals surface area (Å²) in [6.07, 6.45) is 7.02. The van der Waals surface area contributed by atoms with E-state index in [1.165, 1.54) is 32.1 Å².